The highest BCUT2D eigenvalue weighted by Gasteiger charge is 2.21. The maximum absolute atomic E-state index is 13.2. The quantitative estimate of drug-likeness (QED) is 0.674. The Balaban J connectivity index is 1.89. The van der Waals surface area contributed by atoms with E-state index in [4.69, 9.17) is 4.52 Å². The summed E-state index contributed by atoms with van der Waals surface area (Å²) in [5.74, 6) is 0.968. The van der Waals surface area contributed by atoms with Crippen LogP contribution >= 0.6 is 0 Å². The molecule has 6 heteroatoms. The highest BCUT2D eigenvalue weighted by atomic mass is 16.5. The van der Waals surface area contributed by atoms with Gasteiger partial charge in [0.25, 0.3) is 5.91 Å². The second-order valence-electron chi connectivity index (χ2n) is 6.26. The highest BCUT2D eigenvalue weighted by molar-refractivity contribution is 5.95. The number of hydrogen-bond donors (Lipinski definition) is 0. The number of pyridine rings is 1. The molecule has 3 rings (SSSR count). The molecule has 134 valence electrons. The summed E-state index contributed by atoms with van der Waals surface area (Å²) >= 11 is 0. The normalized spacial score (nSPS) is 12.0. The van der Waals surface area contributed by atoms with Gasteiger partial charge in [-0.3, -0.25) is 9.78 Å². The van der Waals surface area contributed by atoms with Gasteiger partial charge in [-0.05, 0) is 43.2 Å². The lowest BCUT2D eigenvalue weighted by molar-refractivity contribution is 0.0671. The molecular formula is C20H22N4O2. The van der Waals surface area contributed by atoms with Gasteiger partial charge < -0.3 is 9.42 Å². The second kappa shape index (κ2) is 7.91. The van der Waals surface area contributed by atoms with E-state index in [1.165, 1.54) is 0 Å². The van der Waals surface area contributed by atoms with Gasteiger partial charge in [0, 0.05) is 43.0 Å². The third-order valence-electron chi connectivity index (χ3n) is 4.38. The van der Waals surface area contributed by atoms with Crippen LogP contribution in [0.4, 0.5) is 0 Å². The highest BCUT2D eigenvalue weighted by Crippen LogP contribution is 2.20. The molecule has 0 aliphatic carbocycles. The number of aromatic nitrogens is 3. The van der Waals surface area contributed by atoms with E-state index in [2.05, 4.69) is 29.0 Å². The Morgan fingerprint density at radius 3 is 2.65 bits per heavy atom. The predicted molar refractivity (Wildman–Crippen MR) is 98.3 cm³/mol. The van der Waals surface area contributed by atoms with Gasteiger partial charge in [-0.2, -0.15) is 4.98 Å². The summed E-state index contributed by atoms with van der Waals surface area (Å²) < 4.78 is 5.04. The summed E-state index contributed by atoms with van der Waals surface area (Å²) in [6.07, 6.45) is 4.36. The predicted octanol–water partition coefficient (Wildman–Crippen LogP) is 3.88. The monoisotopic (exact) mass is 350 g/mol. The number of hydrogen-bond acceptors (Lipinski definition) is 5. The number of rotatable bonds is 6. The van der Waals surface area contributed by atoms with Crippen LogP contribution in [0.2, 0.25) is 0 Å². The molecule has 0 aliphatic heterocycles. The van der Waals surface area contributed by atoms with Crippen molar-refractivity contribution >= 4 is 5.91 Å². The van der Waals surface area contributed by atoms with Crippen LogP contribution in [0, 0.1) is 6.92 Å². The zero-order valence-corrected chi connectivity index (χ0v) is 15.2. The largest absolute Gasteiger partial charge is 0.339 e. The molecule has 26 heavy (non-hydrogen) atoms. The molecule has 0 fully saturated rings. The van der Waals surface area contributed by atoms with Crippen molar-refractivity contribution in [2.45, 2.75) is 39.8 Å². The molecule has 6 nitrogen and oxygen atoms in total. The minimum atomic E-state index is -0.0155. The third-order valence-corrected chi connectivity index (χ3v) is 4.38. The first-order chi connectivity index (χ1) is 12.6. The number of benzene rings is 1. The Kier molecular flexibility index (Phi) is 5.41. The van der Waals surface area contributed by atoms with Gasteiger partial charge in [0.2, 0.25) is 11.7 Å². The lowest BCUT2D eigenvalue weighted by atomic mass is 10.1. The molecule has 0 spiro atoms. The molecule has 1 aromatic carbocycles. The minimum Gasteiger partial charge on any atom is -0.339 e. The van der Waals surface area contributed by atoms with Crippen LogP contribution < -0.4 is 0 Å². The molecule has 0 saturated heterocycles. The van der Waals surface area contributed by atoms with E-state index in [-0.39, 0.29) is 11.9 Å². The average molecular weight is 350 g/mol. The van der Waals surface area contributed by atoms with Crippen LogP contribution in [0.15, 0.2) is 53.3 Å². The van der Waals surface area contributed by atoms with Crippen molar-refractivity contribution in [1.82, 2.24) is 20.0 Å². The first-order valence-electron chi connectivity index (χ1n) is 8.69. The van der Waals surface area contributed by atoms with Crippen LogP contribution in [-0.4, -0.2) is 32.0 Å². The van der Waals surface area contributed by atoms with Crippen molar-refractivity contribution in [2.75, 3.05) is 0 Å². The number of aryl methyl sites for hydroxylation is 1. The molecule has 2 heterocycles. The van der Waals surface area contributed by atoms with Crippen molar-refractivity contribution in [3.8, 4) is 11.4 Å². The SMILES string of the molecule is CC[C@H](C)N(Cc1ccncc1)C(=O)c1cccc(-c2noc(C)n2)c1. The minimum absolute atomic E-state index is 0.0155. The fourth-order valence-electron chi connectivity index (χ4n) is 2.71. The molecule has 0 bridgehead atoms. The van der Waals surface area contributed by atoms with E-state index in [1.807, 2.05) is 41.3 Å². The standard InChI is InChI=1S/C20H22N4O2/c1-4-14(2)24(13-16-8-10-21-11-9-16)20(25)18-7-5-6-17(12-18)19-22-15(3)26-23-19/h5-12,14H,4,13H2,1-3H3/t14-/m0/s1. The molecular weight excluding hydrogens is 328 g/mol. The molecule has 0 N–H and O–H groups in total. The lowest BCUT2D eigenvalue weighted by Gasteiger charge is -2.29. The molecule has 0 unspecified atom stereocenters. The second-order valence-corrected chi connectivity index (χ2v) is 6.26. The first-order valence-corrected chi connectivity index (χ1v) is 8.69. The van der Waals surface area contributed by atoms with Crippen molar-refractivity contribution in [1.29, 1.82) is 0 Å². The van der Waals surface area contributed by atoms with Crippen LogP contribution in [-0.2, 0) is 6.54 Å². The molecule has 0 aliphatic rings. The fourth-order valence-corrected chi connectivity index (χ4v) is 2.71. The number of amides is 1. The molecule has 0 saturated carbocycles. The molecule has 0 radical (unpaired) electrons. The Morgan fingerprint density at radius 2 is 2.00 bits per heavy atom. The Labute approximate surface area is 152 Å². The van der Waals surface area contributed by atoms with Gasteiger partial charge in [0.15, 0.2) is 0 Å². The van der Waals surface area contributed by atoms with Gasteiger partial charge in [-0.25, -0.2) is 0 Å². The summed E-state index contributed by atoms with van der Waals surface area (Å²) in [4.78, 5) is 23.3. The summed E-state index contributed by atoms with van der Waals surface area (Å²) in [6.45, 7) is 6.42. The van der Waals surface area contributed by atoms with Gasteiger partial charge in [-0.1, -0.05) is 24.2 Å². The van der Waals surface area contributed by atoms with Crippen molar-refractivity contribution < 1.29 is 9.32 Å². The topological polar surface area (TPSA) is 72.1 Å². The first kappa shape index (κ1) is 17.8. The maximum Gasteiger partial charge on any atom is 0.254 e. The van der Waals surface area contributed by atoms with Crippen molar-refractivity contribution in [2.24, 2.45) is 0 Å². The van der Waals surface area contributed by atoms with Crippen LogP contribution in [0.1, 0.15) is 42.1 Å². The summed E-state index contributed by atoms with van der Waals surface area (Å²) in [5, 5.41) is 3.93. The molecule has 2 aromatic heterocycles. The summed E-state index contributed by atoms with van der Waals surface area (Å²) in [5.41, 5.74) is 2.43. The van der Waals surface area contributed by atoms with Gasteiger partial charge in [-0.15, -0.1) is 0 Å². The number of carbonyl (C=O) groups excluding carboxylic acids is 1. The Hall–Kier alpha value is -3.02. The molecule has 3 aromatic rings. The molecule has 1 atom stereocenters. The van der Waals surface area contributed by atoms with E-state index in [0.29, 0.717) is 23.8 Å². The van der Waals surface area contributed by atoms with E-state index >= 15 is 0 Å². The van der Waals surface area contributed by atoms with E-state index in [0.717, 1.165) is 17.5 Å². The lowest BCUT2D eigenvalue weighted by Crippen LogP contribution is -2.37. The Morgan fingerprint density at radius 1 is 1.23 bits per heavy atom. The summed E-state index contributed by atoms with van der Waals surface area (Å²) in [6, 6.07) is 11.3. The molecule has 1 amide bonds. The zero-order chi connectivity index (χ0) is 18.5. The van der Waals surface area contributed by atoms with E-state index < -0.39 is 0 Å². The fraction of sp³-hybridized carbons (Fsp3) is 0.300. The van der Waals surface area contributed by atoms with Crippen LogP contribution in [0.5, 0.6) is 0 Å². The van der Waals surface area contributed by atoms with Crippen LogP contribution in [0.25, 0.3) is 11.4 Å². The number of nitrogens with zero attached hydrogens (tertiary/aromatic N) is 4. The van der Waals surface area contributed by atoms with Crippen molar-refractivity contribution in [3.63, 3.8) is 0 Å². The van der Waals surface area contributed by atoms with Crippen molar-refractivity contribution in [3.05, 3.63) is 65.8 Å². The average Bonchev–Trinajstić information content (AvgIpc) is 3.12. The maximum atomic E-state index is 13.2. The number of carbonyl (C=O) groups is 1. The smallest absolute Gasteiger partial charge is 0.254 e. The van der Waals surface area contributed by atoms with E-state index in [1.54, 1.807) is 19.3 Å². The van der Waals surface area contributed by atoms with Gasteiger partial charge in [0.05, 0.1) is 0 Å². The van der Waals surface area contributed by atoms with Gasteiger partial charge >= 0.3 is 0 Å². The zero-order valence-electron chi connectivity index (χ0n) is 15.2. The Bertz CT molecular complexity index is 876. The van der Waals surface area contributed by atoms with Gasteiger partial charge in [0.1, 0.15) is 0 Å². The summed E-state index contributed by atoms with van der Waals surface area (Å²) in [7, 11) is 0. The third kappa shape index (κ3) is 3.96. The van der Waals surface area contributed by atoms with Crippen LogP contribution in [0.3, 0.4) is 0 Å². The van der Waals surface area contributed by atoms with E-state index in [9.17, 15) is 4.79 Å².